The first-order valence-electron chi connectivity index (χ1n) is 8.58. The molecule has 0 spiro atoms. The second-order valence-corrected chi connectivity index (χ2v) is 8.91. The molecule has 25 heavy (non-hydrogen) atoms. The molecule has 2 aliphatic heterocycles. The number of halogens is 1. The second-order valence-electron chi connectivity index (χ2n) is 6.47. The maximum atomic E-state index is 12.4. The second kappa shape index (κ2) is 9.80. The van der Waals surface area contributed by atoms with Crippen LogP contribution < -0.4 is 10.6 Å². The Morgan fingerprint density at radius 3 is 2.68 bits per heavy atom. The number of nitrogens with one attached hydrogen (secondary N) is 2. The third-order valence-corrected chi connectivity index (χ3v) is 6.70. The lowest BCUT2D eigenvalue weighted by atomic mass is 10.0. The number of piperidine rings is 1. The molecule has 0 radical (unpaired) electrons. The quantitative estimate of drug-likeness (QED) is 0.809. The van der Waals surface area contributed by atoms with Crippen molar-refractivity contribution in [1.29, 1.82) is 0 Å². The number of hydrogen-bond acceptors (Lipinski definition) is 5. The van der Waals surface area contributed by atoms with Crippen LogP contribution in [0.4, 0.5) is 0 Å². The van der Waals surface area contributed by atoms with E-state index in [0.29, 0.717) is 12.5 Å². The number of carbonyl (C=O) groups excluding carboxylic acids is 2. The normalized spacial score (nSPS) is 21.5. The van der Waals surface area contributed by atoms with Gasteiger partial charge in [-0.15, -0.1) is 23.7 Å². The molecule has 1 unspecified atom stereocenters. The van der Waals surface area contributed by atoms with Gasteiger partial charge in [0.2, 0.25) is 5.91 Å². The van der Waals surface area contributed by atoms with Crippen molar-refractivity contribution in [2.45, 2.75) is 38.3 Å². The molecular weight excluding hydrogens is 378 g/mol. The van der Waals surface area contributed by atoms with Gasteiger partial charge in [-0.25, -0.2) is 0 Å². The van der Waals surface area contributed by atoms with E-state index in [0.717, 1.165) is 53.7 Å². The number of aryl methyl sites for hydroxylation is 1. The first kappa shape index (κ1) is 20.6. The summed E-state index contributed by atoms with van der Waals surface area (Å²) in [5.41, 5.74) is 0. The molecule has 2 aliphatic rings. The van der Waals surface area contributed by atoms with Gasteiger partial charge in [0.15, 0.2) is 0 Å². The molecule has 5 nitrogen and oxygen atoms in total. The van der Waals surface area contributed by atoms with Crippen molar-refractivity contribution < 1.29 is 9.59 Å². The Labute approximate surface area is 163 Å². The highest BCUT2D eigenvalue weighted by Crippen LogP contribution is 2.18. The Bertz CT molecular complexity index is 582. The minimum Gasteiger partial charge on any atom is -0.348 e. The third kappa shape index (κ3) is 5.88. The van der Waals surface area contributed by atoms with E-state index < -0.39 is 0 Å². The molecule has 3 heterocycles. The molecule has 2 N–H and O–H groups in total. The van der Waals surface area contributed by atoms with E-state index in [1.165, 1.54) is 11.3 Å². The predicted molar refractivity (Wildman–Crippen MR) is 107 cm³/mol. The fraction of sp³-hybridized carbons (Fsp3) is 0.647. The van der Waals surface area contributed by atoms with Crippen LogP contribution in [0.15, 0.2) is 12.1 Å². The van der Waals surface area contributed by atoms with Crippen molar-refractivity contribution in [3.8, 4) is 0 Å². The van der Waals surface area contributed by atoms with E-state index in [9.17, 15) is 9.59 Å². The van der Waals surface area contributed by atoms with Gasteiger partial charge in [-0.2, -0.15) is 11.8 Å². The molecule has 0 bridgehead atoms. The number of thiophene rings is 1. The molecule has 8 heteroatoms. The third-order valence-electron chi connectivity index (χ3n) is 4.57. The highest BCUT2D eigenvalue weighted by Gasteiger charge is 2.26. The van der Waals surface area contributed by atoms with Crippen LogP contribution in [0.1, 0.15) is 33.8 Å². The standard InChI is InChI=1S/C17H25N3O2S2.ClH/c1-12-2-3-15(24-12)17(22)19-13-4-7-20(8-5-13)16(21)10-14-11-23-9-6-18-14;/h2-3,13-14,18H,4-11H2,1H3,(H,19,22);1H. The topological polar surface area (TPSA) is 61.4 Å². The molecule has 1 aromatic heterocycles. The smallest absolute Gasteiger partial charge is 0.261 e. The van der Waals surface area contributed by atoms with Crippen molar-refractivity contribution in [3.05, 3.63) is 21.9 Å². The van der Waals surface area contributed by atoms with E-state index in [1.807, 2.05) is 35.7 Å². The number of hydrogen-bond donors (Lipinski definition) is 2. The van der Waals surface area contributed by atoms with Gasteiger partial charge in [0.25, 0.3) is 5.91 Å². The van der Waals surface area contributed by atoms with Crippen molar-refractivity contribution in [2.75, 3.05) is 31.1 Å². The van der Waals surface area contributed by atoms with Crippen LogP contribution in [0.5, 0.6) is 0 Å². The van der Waals surface area contributed by atoms with E-state index in [2.05, 4.69) is 10.6 Å². The molecular formula is C17H26ClN3O2S2. The van der Waals surface area contributed by atoms with Crippen LogP contribution >= 0.6 is 35.5 Å². The zero-order valence-corrected chi connectivity index (χ0v) is 16.9. The SMILES string of the molecule is Cc1ccc(C(=O)NC2CCN(C(=O)CC3CSCCN3)CC2)s1.Cl. The van der Waals surface area contributed by atoms with Crippen LogP contribution in [0.3, 0.4) is 0 Å². The molecule has 2 amide bonds. The average Bonchev–Trinajstić information content (AvgIpc) is 3.03. The number of carbonyl (C=O) groups is 2. The Morgan fingerprint density at radius 2 is 2.08 bits per heavy atom. The molecule has 3 rings (SSSR count). The first-order valence-corrected chi connectivity index (χ1v) is 10.5. The van der Waals surface area contributed by atoms with E-state index in [1.54, 1.807) is 0 Å². The number of likely N-dealkylation sites (tertiary alicyclic amines) is 1. The minimum absolute atomic E-state index is 0. The summed E-state index contributed by atoms with van der Waals surface area (Å²) in [6.45, 7) is 4.49. The lowest BCUT2D eigenvalue weighted by molar-refractivity contribution is -0.132. The monoisotopic (exact) mass is 403 g/mol. The van der Waals surface area contributed by atoms with Crippen molar-refractivity contribution in [3.63, 3.8) is 0 Å². The lowest BCUT2D eigenvalue weighted by Gasteiger charge is -2.33. The van der Waals surface area contributed by atoms with Crippen molar-refractivity contribution in [1.82, 2.24) is 15.5 Å². The molecule has 1 aromatic rings. The van der Waals surface area contributed by atoms with Crippen LogP contribution in [0, 0.1) is 6.92 Å². The number of rotatable bonds is 4. The summed E-state index contributed by atoms with van der Waals surface area (Å²) in [4.78, 5) is 28.5. The summed E-state index contributed by atoms with van der Waals surface area (Å²) < 4.78 is 0. The van der Waals surface area contributed by atoms with Gasteiger partial charge in [0.05, 0.1) is 4.88 Å². The van der Waals surface area contributed by atoms with Gasteiger partial charge in [0.1, 0.15) is 0 Å². The maximum absolute atomic E-state index is 12.4. The Hall–Kier alpha value is -0.760. The molecule has 140 valence electrons. The average molecular weight is 404 g/mol. The minimum atomic E-state index is 0. The van der Waals surface area contributed by atoms with E-state index in [4.69, 9.17) is 0 Å². The molecule has 0 aromatic carbocycles. The summed E-state index contributed by atoms with van der Waals surface area (Å²) in [7, 11) is 0. The lowest BCUT2D eigenvalue weighted by Crippen LogP contribution is -2.48. The van der Waals surface area contributed by atoms with Gasteiger partial charge in [0, 0.05) is 54.5 Å². The van der Waals surface area contributed by atoms with Gasteiger partial charge in [-0.1, -0.05) is 0 Å². The number of amides is 2. The molecule has 2 fully saturated rings. The fourth-order valence-electron chi connectivity index (χ4n) is 3.18. The Kier molecular flexibility index (Phi) is 8.06. The van der Waals surface area contributed by atoms with Gasteiger partial charge in [-0.05, 0) is 31.9 Å². The Morgan fingerprint density at radius 1 is 1.32 bits per heavy atom. The van der Waals surface area contributed by atoms with E-state index in [-0.39, 0.29) is 30.3 Å². The largest absolute Gasteiger partial charge is 0.348 e. The molecule has 2 saturated heterocycles. The zero-order chi connectivity index (χ0) is 16.9. The van der Waals surface area contributed by atoms with Gasteiger partial charge in [-0.3, -0.25) is 9.59 Å². The van der Waals surface area contributed by atoms with Crippen molar-refractivity contribution >= 4 is 47.3 Å². The predicted octanol–water partition coefficient (Wildman–Crippen LogP) is 2.29. The summed E-state index contributed by atoms with van der Waals surface area (Å²) in [6.07, 6.45) is 2.28. The summed E-state index contributed by atoms with van der Waals surface area (Å²) in [5.74, 6) is 2.42. The van der Waals surface area contributed by atoms with Crippen LogP contribution in [-0.2, 0) is 4.79 Å². The molecule has 1 atom stereocenters. The van der Waals surface area contributed by atoms with Crippen LogP contribution in [-0.4, -0.2) is 59.9 Å². The fourth-order valence-corrected chi connectivity index (χ4v) is 4.90. The molecule has 0 aliphatic carbocycles. The van der Waals surface area contributed by atoms with Crippen molar-refractivity contribution in [2.24, 2.45) is 0 Å². The first-order chi connectivity index (χ1) is 11.6. The number of thioether (sulfide) groups is 1. The summed E-state index contributed by atoms with van der Waals surface area (Å²) in [6, 6.07) is 4.34. The highest BCUT2D eigenvalue weighted by atomic mass is 35.5. The number of nitrogens with zero attached hydrogens (tertiary/aromatic N) is 1. The van der Waals surface area contributed by atoms with E-state index >= 15 is 0 Å². The summed E-state index contributed by atoms with van der Waals surface area (Å²) in [5, 5.41) is 6.53. The van der Waals surface area contributed by atoms with Gasteiger partial charge >= 0.3 is 0 Å². The van der Waals surface area contributed by atoms with Crippen LogP contribution in [0.25, 0.3) is 0 Å². The highest BCUT2D eigenvalue weighted by molar-refractivity contribution is 7.99. The van der Waals surface area contributed by atoms with Crippen LogP contribution in [0.2, 0.25) is 0 Å². The van der Waals surface area contributed by atoms with Gasteiger partial charge < -0.3 is 15.5 Å². The Balaban J connectivity index is 0.00000225. The summed E-state index contributed by atoms with van der Waals surface area (Å²) >= 11 is 3.44. The zero-order valence-electron chi connectivity index (χ0n) is 14.5. The maximum Gasteiger partial charge on any atom is 0.261 e. The molecule has 0 saturated carbocycles.